The van der Waals surface area contributed by atoms with E-state index in [9.17, 15) is 0 Å². The molecule has 98 valence electrons. The summed E-state index contributed by atoms with van der Waals surface area (Å²) in [6.07, 6.45) is 3.64. The van der Waals surface area contributed by atoms with Crippen molar-refractivity contribution in [2.75, 3.05) is 0 Å². The van der Waals surface area contributed by atoms with Gasteiger partial charge in [-0.15, -0.1) is 0 Å². The van der Waals surface area contributed by atoms with Crippen molar-refractivity contribution in [2.45, 2.75) is 0 Å². The lowest BCUT2D eigenvalue weighted by Gasteiger charge is -2.01. The van der Waals surface area contributed by atoms with Crippen LogP contribution in [0.3, 0.4) is 0 Å². The Kier molecular flexibility index (Phi) is 7.36. The van der Waals surface area contributed by atoms with E-state index in [0.717, 1.165) is 19.0 Å². The van der Waals surface area contributed by atoms with Crippen molar-refractivity contribution in [3.8, 4) is 0 Å². The highest BCUT2D eigenvalue weighted by Gasteiger charge is 2.00. The lowest BCUT2D eigenvalue weighted by Crippen LogP contribution is -1.76. The van der Waals surface area contributed by atoms with Gasteiger partial charge in [-0.05, 0) is 55.1 Å². The van der Waals surface area contributed by atoms with Crippen molar-refractivity contribution in [2.24, 2.45) is 0 Å². The fourth-order valence-electron chi connectivity index (χ4n) is 1.28. The van der Waals surface area contributed by atoms with E-state index < -0.39 is 0 Å². The standard InChI is InChI=1S/C8H5Br3.C8H8/c1-2-5-3-7(10)8(11)4-6(5)9;1-2-8-6-4-3-5-7-8/h2-4H,1H2;2-7H,1H2. The van der Waals surface area contributed by atoms with E-state index in [1.165, 1.54) is 5.56 Å². The van der Waals surface area contributed by atoms with Crippen LogP contribution in [0.4, 0.5) is 0 Å². The van der Waals surface area contributed by atoms with Crippen molar-refractivity contribution in [1.82, 2.24) is 0 Å². The zero-order chi connectivity index (χ0) is 14.3. The average molecular weight is 445 g/mol. The molecule has 0 fully saturated rings. The fourth-order valence-corrected chi connectivity index (χ4v) is 2.80. The molecule has 0 atom stereocenters. The molecule has 0 spiro atoms. The first-order valence-corrected chi connectivity index (χ1v) is 7.91. The summed E-state index contributed by atoms with van der Waals surface area (Å²) in [5.41, 5.74) is 2.26. The van der Waals surface area contributed by atoms with E-state index in [1.807, 2.05) is 48.5 Å². The maximum Gasteiger partial charge on any atom is 0.0329 e. The molecule has 2 rings (SSSR count). The first-order valence-electron chi connectivity index (χ1n) is 5.53. The summed E-state index contributed by atoms with van der Waals surface area (Å²) in [5.74, 6) is 0. The molecule has 0 bridgehead atoms. The molecule has 0 unspecified atom stereocenters. The molecule has 0 heterocycles. The Bertz CT molecular complexity index is 560. The summed E-state index contributed by atoms with van der Waals surface area (Å²) in [5, 5.41) is 0. The molecule has 0 aliphatic heterocycles. The molecule has 0 nitrogen and oxygen atoms in total. The van der Waals surface area contributed by atoms with Gasteiger partial charge in [0.1, 0.15) is 0 Å². The van der Waals surface area contributed by atoms with Gasteiger partial charge in [0, 0.05) is 13.4 Å². The highest BCUT2D eigenvalue weighted by Crippen LogP contribution is 2.30. The Morgan fingerprint density at radius 2 is 1.32 bits per heavy atom. The third kappa shape index (κ3) is 5.47. The minimum atomic E-state index is 1.04. The largest absolute Gasteiger partial charge is 0.0985 e. The van der Waals surface area contributed by atoms with Crippen LogP contribution >= 0.6 is 47.8 Å². The van der Waals surface area contributed by atoms with Crippen LogP contribution in [0.5, 0.6) is 0 Å². The average Bonchev–Trinajstić information content (AvgIpc) is 2.44. The molecule has 0 radical (unpaired) electrons. The number of hydrogen-bond acceptors (Lipinski definition) is 0. The van der Waals surface area contributed by atoms with Crippen LogP contribution in [-0.4, -0.2) is 0 Å². The fraction of sp³-hybridized carbons (Fsp3) is 0. The molecule has 0 amide bonds. The molecule has 0 aliphatic carbocycles. The van der Waals surface area contributed by atoms with Crippen LogP contribution in [0, 0.1) is 0 Å². The molecule has 19 heavy (non-hydrogen) atoms. The zero-order valence-corrected chi connectivity index (χ0v) is 15.0. The Morgan fingerprint density at radius 3 is 1.79 bits per heavy atom. The maximum absolute atomic E-state index is 3.70. The normalized spacial score (nSPS) is 9.21. The van der Waals surface area contributed by atoms with Crippen molar-refractivity contribution >= 4 is 59.9 Å². The first-order chi connectivity index (χ1) is 9.08. The quantitative estimate of drug-likeness (QED) is 0.440. The van der Waals surface area contributed by atoms with Crippen LogP contribution in [0.25, 0.3) is 12.2 Å². The van der Waals surface area contributed by atoms with Crippen molar-refractivity contribution in [3.05, 3.63) is 80.2 Å². The summed E-state index contributed by atoms with van der Waals surface area (Å²) in [4.78, 5) is 0. The second kappa shape index (κ2) is 8.51. The molecule has 0 aromatic heterocycles. The molecule has 3 heteroatoms. The van der Waals surface area contributed by atoms with Gasteiger partial charge in [-0.2, -0.15) is 0 Å². The van der Waals surface area contributed by atoms with E-state index in [4.69, 9.17) is 0 Å². The van der Waals surface area contributed by atoms with Crippen molar-refractivity contribution in [3.63, 3.8) is 0 Å². The number of halogens is 3. The molecule has 2 aromatic rings. The van der Waals surface area contributed by atoms with Gasteiger partial charge in [0.25, 0.3) is 0 Å². The third-order valence-corrected chi connectivity index (χ3v) is 4.83. The van der Waals surface area contributed by atoms with Gasteiger partial charge in [-0.25, -0.2) is 0 Å². The summed E-state index contributed by atoms with van der Waals surface area (Å²) in [6, 6.07) is 14.0. The molecule has 0 aliphatic rings. The van der Waals surface area contributed by atoms with E-state index in [1.54, 1.807) is 6.08 Å². The van der Waals surface area contributed by atoms with Gasteiger partial charge in [-0.3, -0.25) is 0 Å². The SMILES string of the molecule is C=Cc1cc(Br)c(Br)cc1Br.C=Cc1ccccc1. The van der Waals surface area contributed by atoms with E-state index in [2.05, 4.69) is 60.9 Å². The predicted molar refractivity (Wildman–Crippen MR) is 96.2 cm³/mol. The van der Waals surface area contributed by atoms with Gasteiger partial charge in [0.2, 0.25) is 0 Å². The maximum atomic E-state index is 3.70. The molecule has 0 saturated carbocycles. The van der Waals surface area contributed by atoms with E-state index in [0.29, 0.717) is 0 Å². The molecule has 2 aromatic carbocycles. The summed E-state index contributed by atoms with van der Waals surface area (Å²) in [7, 11) is 0. The van der Waals surface area contributed by atoms with Crippen molar-refractivity contribution < 1.29 is 0 Å². The number of benzene rings is 2. The Hall–Kier alpha value is -0.640. The predicted octanol–water partition coefficient (Wildman–Crippen LogP) is 6.95. The van der Waals surface area contributed by atoms with Gasteiger partial charge in [0.15, 0.2) is 0 Å². The molecule has 0 saturated heterocycles. The lowest BCUT2D eigenvalue weighted by atomic mass is 10.2. The van der Waals surface area contributed by atoms with Gasteiger partial charge >= 0.3 is 0 Å². The van der Waals surface area contributed by atoms with Crippen LogP contribution in [0.1, 0.15) is 11.1 Å². The lowest BCUT2D eigenvalue weighted by molar-refractivity contribution is 1.52. The Balaban J connectivity index is 0.000000200. The molecular formula is C16H13Br3. The Labute approximate surface area is 139 Å². The highest BCUT2D eigenvalue weighted by molar-refractivity contribution is 9.13. The summed E-state index contributed by atoms with van der Waals surface area (Å²) >= 11 is 10.2. The third-order valence-electron chi connectivity index (χ3n) is 2.29. The number of rotatable bonds is 2. The summed E-state index contributed by atoms with van der Waals surface area (Å²) in [6.45, 7) is 7.33. The van der Waals surface area contributed by atoms with Gasteiger partial charge in [-0.1, -0.05) is 71.6 Å². The molecule has 0 N–H and O–H groups in total. The smallest absolute Gasteiger partial charge is 0.0329 e. The van der Waals surface area contributed by atoms with Gasteiger partial charge < -0.3 is 0 Å². The van der Waals surface area contributed by atoms with Crippen LogP contribution in [0.15, 0.2) is 69.0 Å². The van der Waals surface area contributed by atoms with E-state index in [-0.39, 0.29) is 0 Å². The molecular weight excluding hydrogens is 432 g/mol. The Morgan fingerprint density at radius 1 is 0.737 bits per heavy atom. The number of hydrogen-bond donors (Lipinski definition) is 0. The summed E-state index contributed by atoms with van der Waals surface area (Å²) < 4.78 is 3.12. The highest BCUT2D eigenvalue weighted by atomic mass is 79.9. The second-order valence-corrected chi connectivity index (χ2v) is 6.17. The minimum Gasteiger partial charge on any atom is -0.0985 e. The second-order valence-electron chi connectivity index (χ2n) is 3.61. The first kappa shape index (κ1) is 16.4. The van der Waals surface area contributed by atoms with Crippen molar-refractivity contribution in [1.29, 1.82) is 0 Å². The topological polar surface area (TPSA) is 0 Å². The van der Waals surface area contributed by atoms with Crippen LogP contribution < -0.4 is 0 Å². The van der Waals surface area contributed by atoms with Crippen LogP contribution in [-0.2, 0) is 0 Å². The zero-order valence-electron chi connectivity index (χ0n) is 10.2. The minimum absolute atomic E-state index is 1.04. The monoisotopic (exact) mass is 442 g/mol. The van der Waals surface area contributed by atoms with Gasteiger partial charge in [0.05, 0.1) is 0 Å². The van der Waals surface area contributed by atoms with Crippen LogP contribution in [0.2, 0.25) is 0 Å². The van der Waals surface area contributed by atoms with E-state index >= 15 is 0 Å².